The molecule has 0 radical (unpaired) electrons. The molecular weight excluding hydrogens is 174 g/mol. The second-order valence-corrected chi connectivity index (χ2v) is 3.14. The van der Waals surface area contributed by atoms with Gasteiger partial charge in [-0.2, -0.15) is 0 Å². The van der Waals surface area contributed by atoms with Crippen molar-refractivity contribution in [1.82, 2.24) is 4.98 Å². The maximum atomic E-state index is 5.84. The smallest absolute Gasteiger partial charge is 0.128 e. The van der Waals surface area contributed by atoms with Gasteiger partial charge >= 0.3 is 0 Å². The Labute approximate surface area is 77.1 Å². The highest BCUT2D eigenvalue weighted by Crippen LogP contribution is 2.18. The quantitative estimate of drug-likeness (QED) is 0.755. The number of nitrogens with zero attached hydrogens (tertiary/aromatic N) is 2. The number of anilines is 1. The molecule has 0 saturated heterocycles. The fraction of sp³-hybridized carbons (Fsp3) is 0.375. The van der Waals surface area contributed by atoms with Crippen LogP contribution in [0.5, 0.6) is 0 Å². The van der Waals surface area contributed by atoms with Crippen LogP contribution >= 0.6 is 11.6 Å². The second-order valence-electron chi connectivity index (χ2n) is 2.73. The SMILES string of the molecule is CN(C)c1cc(CN)c(Cl)cn1. The Kier molecular flexibility index (Phi) is 2.89. The number of nitrogens with two attached hydrogens (primary N) is 1. The lowest BCUT2D eigenvalue weighted by atomic mass is 10.2. The number of pyridine rings is 1. The molecule has 0 atom stereocenters. The largest absolute Gasteiger partial charge is 0.363 e. The molecule has 1 aromatic rings. The van der Waals surface area contributed by atoms with E-state index in [0.29, 0.717) is 11.6 Å². The first-order chi connectivity index (χ1) is 5.65. The molecule has 1 rings (SSSR count). The van der Waals surface area contributed by atoms with Crippen molar-refractivity contribution in [1.29, 1.82) is 0 Å². The van der Waals surface area contributed by atoms with Crippen molar-refractivity contribution >= 4 is 17.4 Å². The molecule has 1 aromatic heterocycles. The zero-order valence-corrected chi connectivity index (χ0v) is 7.97. The molecule has 0 amide bonds. The van der Waals surface area contributed by atoms with Crippen molar-refractivity contribution in [2.45, 2.75) is 6.54 Å². The monoisotopic (exact) mass is 185 g/mol. The molecule has 0 aromatic carbocycles. The molecule has 0 aliphatic heterocycles. The molecule has 2 N–H and O–H groups in total. The van der Waals surface area contributed by atoms with Crippen LogP contribution in [0.4, 0.5) is 5.82 Å². The van der Waals surface area contributed by atoms with E-state index in [1.54, 1.807) is 6.20 Å². The molecule has 0 aliphatic carbocycles. The summed E-state index contributed by atoms with van der Waals surface area (Å²) in [6.07, 6.45) is 1.62. The molecular formula is C8H12ClN3. The topological polar surface area (TPSA) is 42.1 Å². The first kappa shape index (κ1) is 9.29. The zero-order valence-electron chi connectivity index (χ0n) is 7.21. The van der Waals surface area contributed by atoms with E-state index >= 15 is 0 Å². The van der Waals surface area contributed by atoms with Gasteiger partial charge in [-0.1, -0.05) is 11.6 Å². The summed E-state index contributed by atoms with van der Waals surface area (Å²) in [5, 5.41) is 0.628. The third kappa shape index (κ3) is 1.87. The first-order valence-corrected chi connectivity index (χ1v) is 4.04. The van der Waals surface area contributed by atoms with Crippen LogP contribution in [-0.4, -0.2) is 19.1 Å². The summed E-state index contributed by atoms with van der Waals surface area (Å²) >= 11 is 5.84. The van der Waals surface area contributed by atoms with Crippen molar-refractivity contribution in [3.63, 3.8) is 0 Å². The van der Waals surface area contributed by atoms with Crippen LogP contribution in [0.15, 0.2) is 12.3 Å². The average molecular weight is 186 g/mol. The molecule has 1 heterocycles. The van der Waals surface area contributed by atoms with Gasteiger partial charge in [0.15, 0.2) is 0 Å². The van der Waals surface area contributed by atoms with Gasteiger partial charge < -0.3 is 10.6 Å². The molecule has 66 valence electrons. The van der Waals surface area contributed by atoms with E-state index in [4.69, 9.17) is 17.3 Å². The van der Waals surface area contributed by atoms with Gasteiger partial charge in [-0.15, -0.1) is 0 Å². The van der Waals surface area contributed by atoms with Gasteiger partial charge in [-0.3, -0.25) is 0 Å². The van der Waals surface area contributed by atoms with E-state index < -0.39 is 0 Å². The van der Waals surface area contributed by atoms with Gasteiger partial charge in [0.25, 0.3) is 0 Å². The van der Waals surface area contributed by atoms with E-state index in [1.807, 2.05) is 25.1 Å². The fourth-order valence-corrected chi connectivity index (χ4v) is 1.05. The van der Waals surface area contributed by atoms with Crippen LogP contribution in [0, 0.1) is 0 Å². The molecule has 3 nitrogen and oxygen atoms in total. The van der Waals surface area contributed by atoms with Crippen LogP contribution in [-0.2, 0) is 6.54 Å². The van der Waals surface area contributed by atoms with Crippen LogP contribution < -0.4 is 10.6 Å². The highest BCUT2D eigenvalue weighted by atomic mass is 35.5. The molecule has 12 heavy (non-hydrogen) atoms. The summed E-state index contributed by atoms with van der Waals surface area (Å²) in [7, 11) is 3.85. The fourth-order valence-electron chi connectivity index (χ4n) is 0.869. The molecule has 0 saturated carbocycles. The lowest BCUT2D eigenvalue weighted by Gasteiger charge is -2.12. The molecule has 4 heteroatoms. The van der Waals surface area contributed by atoms with E-state index in [0.717, 1.165) is 11.4 Å². The van der Waals surface area contributed by atoms with Crippen molar-refractivity contribution in [3.8, 4) is 0 Å². The number of halogens is 1. The van der Waals surface area contributed by atoms with Crippen LogP contribution in [0.25, 0.3) is 0 Å². The average Bonchev–Trinajstić information content (AvgIpc) is 2.05. The minimum Gasteiger partial charge on any atom is -0.363 e. The van der Waals surface area contributed by atoms with E-state index in [9.17, 15) is 0 Å². The second kappa shape index (κ2) is 3.74. The van der Waals surface area contributed by atoms with Gasteiger partial charge in [0.05, 0.1) is 5.02 Å². The van der Waals surface area contributed by atoms with E-state index in [2.05, 4.69) is 4.98 Å². The Morgan fingerprint density at radius 3 is 2.75 bits per heavy atom. The molecule has 0 bridgehead atoms. The lowest BCUT2D eigenvalue weighted by molar-refractivity contribution is 1.02. The van der Waals surface area contributed by atoms with Crippen molar-refractivity contribution in [2.24, 2.45) is 5.73 Å². The highest BCUT2D eigenvalue weighted by Gasteiger charge is 2.02. The number of hydrogen-bond donors (Lipinski definition) is 1. The number of rotatable bonds is 2. The first-order valence-electron chi connectivity index (χ1n) is 3.67. The summed E-state index contributed by atoms with van der Waals surface area (Å²) in [5.74, 6) is 0.875. The van der Waals surface area contributed by atoms with Crippen molar-refractivity contribution < 1.29 is 0 Å². The van der Waals surface area contributed by atoms with Crippen LogP contribution in [0.3, 0.4) is 0 Å². The summed E-state index contributed by atoms with van der Waals surface area (Å²) in [6.45, 7) is 0.447. The third-order valence-electron chi connectivity index (χ3n) is 1.60. The minimum absolute atomic E-state index is 0.447. The Bertz CT molecular complexity index is 273. The van der Waals surface area contributed by atoms with Gasteiger partial charge in [0.1, 0.15) is 5.82 Å². The molecule has 0 fully saturated rings. The van der Waals surface area contributed by atoms with Gasteiger partial charge in [-0.05, 0) is 11.6 Å². The molecule has 0 unspecified atom stereocenters. The summed E-state index contributed by atoms with van der Waals surface area (Å²) in [5.41, 5.74) is 6.42. The highest BCUT2D eigenvalue weighted by molar-refractivity contribution is 6.31. The Hall–Kier alpha value is -0.800. The van der Waals surface area contributed by atoms with E-state index in [-0.39, 0.29) is 0 Å². The Balaban J connectivity index is 3.05. The zero-order chi connectivity index (χ0) is 9.14. The normalized spacial score (nSPS) is 10.0. The number of aromatic nitrogens is 1. The van der Waals surface area contributed by atoms with Crippen molar-refractivity contribution in [2.75, 3.05) is 19.0 Å². The Morgan fingerprint density at radius 1 is 1.58 bits per heavy atom. The van der Waals surface area contributed by atoms with Gasteiger partial charge in [0, 0.05) is 26.8 Å². The maximum Gasteiger partial charge on any atom is 0.128 e. The maximum absolute atomic E-state index is 5.84. The van der Waals surface area contributed by atoms with Crippen LogP contribution in [0.1, 0.15) is 5.56 Å². The summed E-state index contributed by atoms with van der Waals surface area (Å²) in [6, 6.07) is 1.89. The number of hydrogen-bond acceptors (Lipinski definition) is 3. The predicted octanol–water partition coefficient (Wildman–Crippen LogP) is 1.26. The van der Waals surface area contributed by atoms with Gasteiger partial charge in [0.2, 0.25) is 0 Å². The Morgan fingerprint density at radius 2 is 2.25 bits per heavy atom. The van der Waals surface area contributed by atoms with Gasteiger partial charge in [-0.25, -0.2) is 4.98 Å². The molecule has 0 spiro atoms. The predicted molar refractivity (Wildman–Crippen MR) is 51.5 cm³/mol. The van der Waals surface area contributed by atoms with E-state index in [1.165, 1.54) is 0 Å². The van der Waals surface area contributed by atoms with Crippen LogP contribution in [0.2, 0.25) is 5.02 Å². The lowest BCUT2D eigenvalue weighted by Crippen LogP contribution is -2.11. The third-order valence-corrected chi connectivity index (χ3v) is 1.94. The molecule has 0 aliphatic rings. The van der Waals surface area contributed by atoms with Crippen molar-refractivity contribution in [3.05, 3.63) is 22.8 Å². The standard InChI is InChI=1S/C8H12ClN3/c1-12(2)8-3-6(4-10)7(9)5-11-8/h3,5H,4,10H2,1-2H3. The summed E-state index contributed by atoms with van der Waals surface area (Å²) in [4.78, 5) is 6.04. The summed E-state index contributed by atoms with van der Waals surface area (Å²) < 4.78 is 0. The minimum atomic E-state index is 0.447.